The zero-order valence-corrected chi connectivity index (χ0v) is 6.56. The van der Waals surface area contributed by atoms with Crippen molar-refractivity contribution in [2.24, 2.45) is 4.99 Å². The second-order valence-electron chi connectivity index (χ2n) is 3.19. The van der Waals surface area contributed by atoms with Gasteiger partial charge in [-0.3, -0.25) is 9.79 Å². The second-order valence-corrected chi connectivity index (χ2v) is 3.19. The monoisotopic (exact) mass is 140 g/mol. The lowest BCUT2D eigenvalue weighted by atomic mass is 10.0. The minimum Gasteiger partial charge on any atom is -0.349 e. The molecule has 0 aliphatic carbocycles. The number of carbonyl (C=O) groups is 1. The molecular weight excluding hydrogens is 128 g/mol. The number of hydrogen-bond donors (Lipinski definition) is 1. The summed E-state index contributed by atoms with van der Waals surface area (Å²) >= 11 is 0. The Bertz CT molecular complexity index is 194. The molecule has 1 amide bonds. The zero-order valence-electron chi connectivity index (χ0n) is 6.56. The van der Waals surface area contributed by atoms with Crippen LogP contribution in [0, 0.1) is 0 Å². The SMILES string of the molecule is CC1=NC(C)(C)CNC1=O. The predicted octanol–water partition coefficient (Wildman–Crippen LogP) is 0.356. The van der Waals surface area contributed by atoms with Crippen LogP contribution in [0.25, 0.3) is 0 Å². The fourth-order valence-corrected chi connectivity index (χ4v) is 0.969. The van der Waals surface area contributed by atoms with E-state index < -0.39 is 0 Å². The topological polar surface area (TPSA) is 41.5 Å². The first-order valence-corrected chi connectivity index (χ1v) is 3.36. The molecule has 1 aliphatic rings. The molecule has 0 radical (unpaired) electrons. The average Bonchev–Trinajstić information content (AvgIpc) is 1.79. The van der Waals surface area contributed by atoms with Crippen LogP contribution in [0.4, 0.5) is 0 Å². The van der Waals surface area contributed by atoms with Gasteiger partial charge in [0.2, 0.25) is 0 Å². The maximum Gasteiger partial charge on any atom is 0.265 e. The van der Waals surface area contributed by atoms with E-state index in [1.807, 2.05) is 13.8 Å². The molecule has 0 spiro atoms. The van der Waals surface area contributed by atoms with E-state index in [0.29, 0.717) is 12.3 Å². The summed E-state index contributed by atoms with van der Waals surface area (Å²) in [4.78, 5) is 15.0. The Kier molecular flexibility index (Phi) is 1.50. The second kappa shape index (κ2) is 2.08. The van der Waals surface area contributed by atoms with Gasteiger partial charge in [0.15, 0.2) is 0 Å². The van der Waals surface area contributed by atoms with Gasteiger partial charge in [-0.15, -0.1) is 0 Å². The van der Waals surface area contributed by atoms with Crippen molar-refractivity contribution in [3.63, 3.8) is 0 Å². The maximum absolute atomic E-state index is 10.8. The van der Waals surface area contributed by atoms with Gasteiger partial charge in [0.1, 0.15) is 0 Å². The van der Waals surface area contributed by atoms with Gasteiger partial charge in [0.05, 0.1) is 11.3 Å². The van der Waals surface area contributed by atoms with Crippen molar-refractivity contribution in [2.75, 3.05) is 6.54 Å². The van der Waals surface area contributed by atoms with Crippen LogP contribution in [0.5, 0.6) is 0 Å². The highest BCUT2D eigenvalue weighted by Crippen LogP contribution is 2.10. The van der Waals surface area contributed by atoms with Crippen LogP contribution in [0.2, 0.25) is 0 Å². The Morgan fingerprint density at radius 3 is 2.60 bits per heavy atom. The Morgan fingerprint density at radius 1 is 1.60 bits per heavy atom. The lowest BCUT2D eigenvalue weighted by Gasteiger charge is -2.25. The third-order valence-corrected chi connectivity index (χ3v) is 1.48. The van der Waals surface area contributed by atoms with Crippen molar-refractivity contribution in [1.29, 1.82) is 0 Å². The third kappa shape index (κ3) is 1.35. The molecule has 1 heterocycles. The summed E-state index contributed by atoms with van der Waals surface area (Å²) in [6.07, 6.45) is 0. The van der Waals surface area contributed by atoms with Gasteiger partial charge in [0, 0.05) is 6.54 Å². The van der Waals surface area contributed by atoms with Gasteiger partial charge >= 0.3 is 0 Å². The van der Waals surface area contributed by atoms with Gasteiger partial charge in [-0.25, -0.2) is 0 Å². The number of hydrogen-bond acceptors (Lipinski definition) is 2. The molecule has 0 saturated heterocycles. The lowest BCUT2D eigenvalue weighted by molar-refractivity contribution is -0.115. The van der Waals surface area contributed by atoms with E-state index in [2.05, 4.69) is 10.3 Å². The Hall–Kier alpha value is -0.860. The summed E-state index contributed by atoms with van der Waals surface area (Å²) in [6.45, 7) is 6.37. The highest BCUT2D eigenvalue weighted by atomic mass is 16.2. The van der Waals surface area contributed by atoms with Gasteiger partial charge in [-0.1, -0.05) is 0 Å². The molecule has 1 rings (SSSR count). The summed E-state index contributed by atoms with van der Waals surface area (Å²) in [5.41, 5.74) is 0.467. The molecule has 0 aromatic carbocycles. The van der Waals surface area contributed by atoms with Crippen LogP contribution < -0.4 is 5.32 Å². The molecule has 0 saturated carbocycles. The van der Waals surface area contributed by atoms with Gasteiger partial charge in [0.25, 0.3) is 5.91 Å². The van der Waals surface area contributed by atoms with E-state index >= 15 is 0 Å². The van der Waals surface area contributed by atoms with Crippen LogP contribution in [0.15, 0.2) is 4.99 Å². The quantitative estimate of drug-likeness (QED) is 0.518. The number of nitrogens with one attached hydrogen (secondary N) is 1. The number of nitrogens with zero attached hydrogens (tertiary/aromatic N) is 1. The first kappa shape index (κ1) is 7.25. The Morgan fingerprint density at radius 2 is 2.20 bits per heavy atom. The zero-order chi connectivity index (χ0) is 7.78. The Balaban J connectivity index is 2.86. The molecule has 0 bridgehead atoms. The standard InChI is InChI=1S/C7H12N2O/c1-5-6(10)8-4-7(2,3)9-5/h4H2,1-3H3,(H,8,10). The molecule has 1 aliphatic heterocycles. The molecule has 0 aromatic heterocycles. The van der Waals surface area contributed by atoms with Crippen molar-refractivity contribution in [3.05, 3.63) is 0 Å². The fraction of sp³-hybridized carbons (Fsp3) is 0.714. The predicted molar refractivity (Wildman–Crippen MR) is 40.2 cm³/mol. The van der Waals surface area contributed by atoms with E-state index in [-0.39, 0.29) is 11.4 Å². The van der Waals surface area contributed by atoms with Crippen molar-refractivity contribution in [2.45, 2.75) is 26.3 Å². The fourth-order valence-electron chi connectivity index (χ4n) is 0.969. The molecule has 0 atom stereocenters. The minimum atomic E-state index is -0.113. The summed E-state index contributed by atoms with van der Waals surface area (Å²) in [6, 6.07) is 0. The van der Waals surface area contributed by atoms with E-state index in [4.69, 9.17) is 0 Å². The number of aliphatic imine (C=N–C) groups is 1. The van der Waals surface area contributed by atoms with Gasteiger partial charge in [-0.05, 0) is 20.8 Å². The molecule has 0 fully saturated rings. The van der Waals surface area contributed by atoms with Crippen LogP contribution in [-0.4, -0.2) is 23.7 Å². The van der Waals surface area contributed by atoms with Crippen molar-refractivity contribution in [1.82, 2.24) is 5.32 Å². The largest absolute Gasteiger partial charge is 0.349 e. The average molecular weight is 140 g/mol. The summed E-state index contributed by atoms with van der Waals surface area (Å²) < 4.78 is 0. The van der Waals surface area contributed by atoms with Crippen molar-refractivity contribution >= 4 is 11.6 Å². The van der Waals surface area contributed by atoms with Gasteiger partial charge in [-0.2, -0.15) is 0 Å². The number of rotatable bonds is 0. The van der Waals surface area contributed by atoms with E-state index in [0.717, 1.165) is 0 Å². The molecule has 56 valence electrons. The smallest absolute Gasteiger partial charge is 0.265 e. The minimum absolute atomic E-state index is 0.0423. The molecule has 10 heavy (non-hydrogen) atoms. The van der Waals surface area contributed by atoms with Crippen LogP contribution in [0.3, 0.4) is 0 Å². The summed E-state index contributed by atoms with van der Waals surface area (Å²) in [5, 5.41) is 2.75. The van der Waals surface area contributed by atoms with Crippen molar-refractivity contribution in [3.8, 4) is 0 Å². The lowest BCUT2D eigenvalue weighted by Crippen LogP contribution is -2.45. The molecule has 1 N–H and O–H groups in total. The molecular formula is C7H12N2O. The highest BCUT2D eigenvalue weighted by molar-refractivity contribution is 6.38. The van der Waals surface area contributed by atoms with Gasteiger partial charge < -0.3 is 5.32 Å². The molecule has 0 unspecified atom stereocenters. The maximum atomic E-state index is 10.8. The number of amides is 1. The first-order valence-electron chi connectivity index (χ1n) is 3.36. The molecule has 0 aromatic rings. The highest BCUT2D eigenvalue weighted by Gasteiger charge is 2.23. The first-order chi connectivity index (χ1) is 4.51. The van der Waals surface area contributed by atoms with Crippen LogP contribution in [-0.2, 0) is 4.79 Å². The van der Waals surface area contributed by atoms with E-state index in [1.54, 1.807) is 6.92 Å². The van der Waals surface area contributed by atoms with E-state index in [9.17, 15) is 4.79 Å². The summed E-state index contributed by atoms with van der Waals surface area (Å²) in [7, 11) is 0. The third-order valence-electron chi connectivity index (χ3n) is 1.48. The molecule has 3 heteroatoms. The molecule has 3 nitrogen and oxygen atoms in total. The van der Waals surface area contributed by atoms with Crippen LogP contribution >= 0.6 is 0 Å². The van der Waals surface area contributed by atoms with Crippen LogP contribution in [0.1, 0.15) is 20.8 Å². The summed E-state index contributed by atoms with van der Waals surface area (Å²) in [5.74, 6) is -0.0423. The van der Waals surface area contributed by atoms with Crippen molar-refractivity contribution < 1.29 is 4.79 Å². The van der Waals surface area contributed by atoms with E-state index in [1.165, 1.54) is 0 Å². The Labute approximate surface area is 60.5 Å². The normalized spacial score (nSPS) is 23.5. The number of carbonyl (C=O) groups excluding carboxylic acids is 1.